The molecule has 0 radical (unpaired) electrons. The van der Waals surface area contributed by atoms with Crippen molar-refractivity contribution in [3.05, 3.63) is 77.7 Å². The molecule has 0 aromatic carbocycles. The van der Waals surface area contributed by atoms with Crippen molar-refractivity contribution in [3.8, 4) is 0 Å². The SMILES string of the molecule is CCC1(CC)OC2[C@@H](O1)[C@@H](CO)O[C@H]2n1cc(F)c(=O)[nH]c1=O.CCOC(=O)CCC1(C)OC2C(O1)[C@@H](CO)O[C@H]2n1cc(F)c(=O)[nH]c1=O.O=C1CC(=O)N([C@@H]2O[C@H](CO)C3OC4(CCCCCCCCCCC4)OC32)C=C1F. The van der Waals surface area contributed by atoms with Gasteiger partial charge in [0.05, 0.1) is 51.7 Å². The molecule has 1 aliphatic carbocycles. The Balaban J connectivity index is 0.000000159. The summed E-state index contributed by atoms with van der Waals surface area (Å²) in [6, 6.07) is 0. The number of hydrogen-bond acceptors (Lipinski definition) is 20. The number of ketones is 1. The number of Topliss-reactive ketones (excluding diaryl/α,β-unsaturated/α-hetero) is 1. The fourth-order valence-corrected chi connectivity index (χ4v) is 11.4. The second-order valence-corrected chi connectivity index (χ2v) is 21.1. The molecule has 2 aromatic rings. The molecule has 5 N–H and O–H groups in total. The Morgan fingerprint density at radius 1 is 0.625 bits per heavy atom. The molecule has 8 aliphatic rings. The predicted molar refractivity (Wildman–Crippen MR) is 266 cm³/mol. The van der Waals surface area contributed by atoms with E-state index in [1.807, 2.05) is 23.8 Å². The molecule has 6 unspecified atom stereocenters. The summed E-state index contributed by atoms with van der Waals surface area (Å²) in [5, 5.41) is 28.9. The van der Waals surface area contributed by atoms with E-state index in [9.17, 15) is 62.1 Å². The lowest BCUT2D eigenvalue weighted by Crippen LogP contribution is -2.47. The van der Waals surface area contributed by atoms with Gasteiger partial charge in [-0.05, 0) is 39.5 Å². The second-order valence-electron chi connectivity index (χ2n) is 21.1. The average Bonchev–Trinajstić information content (AvgIpc) is 4.43. The number of esters is 1. The van der Waals surface area contributed by atoms with Crippen LogP contribution in [-0.4, -0.2) is 162 Å². The van der Waals surface area contributed by atoms with Crippen molar-refractivity contribution >= 4 is 17.7 Å². The predicted octanol–water partition coefficient (Wildman–Crippen LogP) is 2.38. The summed E-state index contributed by atoms with van der Waals surface area (Å²) >= 11 is 0. The van der Waals surface area contributed by atoms with Crippen LogP contribution in [0.25, 0.3) is 0 Å². The molecule has 1 saturated carbocycles. The first-order valence-electron chi connectivity index (χ1n) is 27.5. The summed E-state index contributed by atoms with van der Waals surface area (Å²) in [5.41, 5.74) is -3.94. The number of hydrogen-bond donors (Lipinski definition) is 5. The highest BCUT2D eigenvalue weighted by Gasteiger charge is 2.61. The number of carbonyl (C=O) groups excluding carboxylic acids is 3. The number of rotatable bonds is 12. The van der Waals surface area contributed by atoms with E-state index >= 15 is 0 Å². The van der Waals surface area contributed by atoms with Crippen LogP contribution >= 0.6 is 0 Å². The molecule has 28 heteroatoms. The van der Waals surface area contributed by atoms with Gasteiger partial charge in [0.2, 0.25) is 23.3 Å². The first-order chi connectivity index (χ1) is 38.2. The lowest BCUT2D eigenvalue weighted by atomic mass is 9.97. The highest BCUT2D eigenvalue weighted by Crippen LogP contribution is 2.48. The van der Waals surface area contributed by atoms with Crippen molar-refractivity contribution in [1.82, 2.24) is 24.0 Å². The van der Waals surface area contributed by atoms with E-state index in [2.05, 4.69) is 0 Å². The van der Waals surface area contributed by atoms with Crippen LogP contribution in [-0.2, 0) is 61.8 Å². The minimum atomic E-state index is -1.18. The number of H-pyrrole nitrogens is 2. The van der Waals surface area contributed by atoms with Crippen LogP contribution in [0.4, 0.5) is 13.2 Å². The topological polar surface area (TPSA) is 317 Å². The zero-order chi connectivity index (χ0) is 57.7. The van der Waals surface area contributed by atoms with Crippen molar-refractivity contribution in [2.24, 2.45) is 0 Å². The van der Waals surface area contributed by atoms with E-state index in [4.69, 9.17) is 47.4 Å². The van der Waals surface area contributed by atoms with E-state index < -0.39 is 162 Å². The maximum absolute atomic E-state index is 13.9. The number of halogens is 3. The number of aromatic amines is 2. The monoisotopic (exact) mass is 1140 g/mol. The number of ether oxygens (including phenoxy) is 10. The van der Waals surface area contributed by atoms with Gasteiger partial charge in [0.25, 0.3) is 11.1 Å². The molecule has 1 spiro atoms. The van der Waals surface area contributed by atoms with Gasteiger partial charge in [-0.25, -0.2) is 14.0 Å². The second kappa shape index (κ2) is 26.1. The third-order valence-corrected chi connectivity index (χ3v) is 15.6. The van der Waals surface area contributed by atoms with Gasteiger partial charge in [-0.2, -0.15) is 8.78 Å². The molecule has 1 amide bonds. The number of allylic oxidation sites excluding steroid dienone is 1. The lowest BCUT2D eigenvalue weighted by Gasteiger charge is -2.34. The molecule has 6 saturated heterocycles. The van der Waals surface area contributed by atoms with E-state index in [-0.39, 0.29) is 32.7 Å². The molecule has 25 nitrogen and oxygen atoms in total. The van der Waals surface area contributed by atoms with Crippen LogP contribution in [0.3, 0.4) is 0 Å². The Hall–Kier alpha value is -4.98. The summed E-state index contributed by atoms with van der Waals surface area (Å²) in [7, 11) is 0. The maximum Gasteiger partial charge on any atom is 0.330 e. The van der Waals surface area contributed by atoms with Crippen LogP contribution in [0, 0.1) is 11.6 Å². The summed E-state index contributed by atoms with van der Waals surface area (Å²) in [4.78, 5) is 86.8. The van der Waals surface area contributed by atoms with Crippen molar-refractivity contribution in [2.75, 3.05) is 26.4 Å². The van der Waals surface area contributed by atoms with Crippen molar-refractivity contribution in [1.29, 1.82) is 0 Å². The summed E-state index contributed by atoms with van der Waals surface area (Å²) in [6.07, 6.45) is 5.96. The number of aliphatic hydroxyl groups excluding tert-OH is 3. The van der Waals surface area contributed by atoms with Gasteiger partial charge in [-0.15, -0.1) is 0 Å². The standard InChI is InChI=1S/C22H32FNO6.C16H21FN2O8.C14H19FN2O6/c23-15-13-24(18(27)12-16(15)26)21-20-19(17(14-25)28-21)29-22(30-20)10-8-6-4-2-1-3-5-7-9-11-22;1-3-24-10(21)4-5-16(2)26-11-9(7-20)25-14(12(11)27-16)19-6-8(17)13(22)18-15(19)23;1-3-14(4-2)22-9-8(6-18)21-12(10(9)23-14)17-5-7(15)11(19)16-13(17)20/h13,17,19-21,25H,1-12,14H2;6,9,11-12,14,20H,3-5,7H2,1-2H3,(H,18,22,23);5,8-10,12,18H,3-4,6H2,1-2H3,(H,16,19,20)/t17-,19?,20?,21-;9-,11?,12?,14-,16?;8-,9+,10?,12-/m111/s1. The number of amides is 1. The van der Waals surface area contributed by atoms with Crippen molar-refractivity contribution in [2.45, 2.75) is 221 Å². The first-order valence-corrected chi connectivity index (χ1v) is 27.5. The van der Waals surface area contributed by atoms with Gasteiger partial charge >= 0.3 is 17.3 Å². The Kier molecular flexibility index (Phi) is 19.9. The molecule has 7 fully saturated rings. The molecule has 446 valence electrons. The van der Waals surface area contributed by atoms with Gasteiger partial charge in [0, 0.05) is 25.5 Å². The smallest absolute Gasteiger partial charge is 0.330 e. The first kappa shape index (κ1) is 61.1. The Labute approximate surface area is 456 Å². The average molecular weight is 1140 g/mol. The van der Waals surface area contributed by atoms with Gasteiger partial charge < -0.3 is 62.7 Å². The molecule has 7 aliphatic heterocycles. The molecule has 10 rings (SSSR count). The van der Waals surface area contributed by atoms with Crippen LogP contribution in [0.2, 0.25) is 0 Å². The van der Waals surface area contributed by atoms with Crippen LogP contribution in [0.1, 0.15) is 143 Å². The number of nitrogens with zero attached hydrogens (tertiary/aromatic N) is 3. The van der Waals surface area contributed by atoms with Crippen LogP contribution in [0.5, 0.6) is 0 Å². The van der Waals surface area contributed by atoms with Crippen LogP contribution < -0.4 is 22.5 Å². The number of aliphatic hydroxyl groups is 3. The molecule has 2 aromatic heterocycles. The van der Waals surface area contributed by atoms with E-state index in [0.717, 1.165) is 71.2 Å². The minimum absolute atomic E-state index is 0.0479. The van der Waals surface area contributed by atoms with E-state index in [1.165, 1.54) is 32.1 Å². The summed E-state index contributed by atoms with van der Waals surface area (Å²) < 4.78 is 101. The summed E-state index contributed by atoms with van der Waals surface area (Å²) in [5.74, 6) is -7.77. The molecular formula is C52H72F3N5O20. The molecule has 13 atom stereocenters. The quantitative estimate of drug-likeness (QED) is 0.150. The third-order valence-electron chi connectivity index (χ3n) is 15.6. The maximum atomic E-state index is 13.9. The van der Waals surface area contributed by atoms with Gasteiger partial charge in [-0.3, -0.25) is 48.0 Å². The van der Waals surface area contributed by atoms with E-state index in [0.29, 0.717) is 12.8 Å². The van der Waals surface area contributed by atoms with Gasteiger partial charge in [-0.1, -0.05) is 58.8 Å². The highest BCUT2D eigenvalue weighted by atomic mass is 19.1. The number of nitrogens with one attached hydrogen (secondary N) is 2. The Morgan fingerprint density at radius 3 is 1.55 bits per heavy atom. The third kappa shape index (κ3) is 13.1. The fraction of sp³-hybridized carbons (Fsp3) is 0.750. The number of aromatic nitrogens is 4. The Bertz CT molecular complexity index is 2780. The van der Waals surface area contributed by atoms with Gasteiger partial charge in [0.1, 0.15) is 54.9 Å². The molecular weight excluding hydrogens is 1070 g/mol. The van der Waals surface area contributed by atoms with Crippen molar-refractivity contribution in [3.63, 3.8) is 0 Å². The number of carbonyl (C=O) groups is 3. The van der Waals surface area contributed by atoms with Crippen LogP contribution in [0.15, 0.2) is 43.6 Å². The highest BCUT2D eigenvalue weighted by molar-refractivity contribution is 6.08. The van der Waals surface area contributed by atoms with E-state index in [1.54, 1.807) is 13.8 Å². The largest absolute Gasteiger partial charge is 0.466 e. The number of fused-ring (bicyclic) bond motifs is 3. The molecule has 9 heterocycles. The van der Waals surface area contributed by atoms with Gasteiger partial charge in [0.15, 0.2) is 41.9 Å². The molecule has 0 bridgehead atoms. The zero-order valence-corrected chi connectivity index (χ0v) is 45.1. The normalized spacial score (nSPS) is 33.6. The summed E-state index contributed by atoms with van der Waals surface area (Å²) in [6.45, 7) is 6.34. The van der Waals surface area contributed by atoms with Crippen molar-refractivity contribution < 1.29 is 90.2 Å². The minimum Gasteiger partial charge on any atom is -0.466 e. The zero-order valence-electron chi connectivity index (χ0n) is 45.1. The Morgan fingerprint density at radius 2 is 1.05 bits per heavy atom. The lowest BCUT2D eigenvalue weighted by molar-refractivity contribution is -0.231. The fourth-order valence-electron chi connectivity index (χ4n) is 11.4. The molecule has 80 heavy (non-hydrogen) atoms.